The Hall–Kier alpha value is -3.45. The van der Waals surface area contributed by atoms with Crippen molar-refractivity contribution in [2.75, 3.05) is 4.90 Å². The molecule has 1 atom stereocenters. The van der Waals surface area contributed by atoms with Gasteiger partial charge in [-0.15, -0.1) is 0 Å². The van der Waals surface area contributed by atoms with Crippen molar-refractivity contribution in [3.05, 3.63) is 90.2 Å². The van der Waals surface area contributed by atoms with E-state index in [4.69, 9.17) is 5.14 Å². The second-order valence-corrected chi connectivity index (χ2v) is 11.3. The number of primary sulfonamides is 1. The predicted molar refractivity (Wildman–Crippen MR) is 124 cm³/mol. The Morgan fingerprint density at radius 2 is 1.46 bits per heavy atom. The quantitative estimate of drug-likeness (QED) is 0.476. The zero-order valence-electron chi connectivity index (χ0n) is 18.1. The summed E-state index contributed by atoms with van der Waals surface area (Å²) in [6.45, 7) is -0.278. The monoisotopic (exact) mass is 517 g/mol. The van der Waals surface area contributed by atoms with Crippen LogP contribution in [0.3, 0.4) is 0 Å². The molecule has 0 spiro atoms. The van der Waals surface area contributed by atoms with Crippen LogP contribution >= 0.6 is 0 Å². The minimum Gasteiger partial charge on any atom is -0.274 e. The fourth-order valence-corrected chi connectivity index (χ4v) is 5.86. The van der Waals surface area contributed by atoms with E-state index in [1.165, 1.54) is 60.7 Å². The highest BCUT2D eigenvalue weighted by atomic mass is 32.2. The molecule has 0 saturated carbocycles. The van der Waals surface area contributed by atoms with Crippen molar-refractivity contribution >= 4 is 37.5 Å². The van der Waals surface area contributed by atoms with Crippen LogP contribution < -0.4 is 10.0 Å². The number of sulfonamides is 2. The van der Waals surface area contributed by atoms with Gasteiger partial charge in [-0.3, -0.25) is 9.59 Å². The third-order valence-electron chi connectivity index (χ3n) is 5.50. The molecule has 1 saturated heterocycles. The first-order chi connectivity index (χ1) is 16.5. The molecule has 0 aromatic heterocycles. The summed E-state index contributed by atoms with van der Waals surface area (Å²) in [6.07, 6.45) is -0.428. The van der Waals surface area contributed by atoms with E-state index in [1.54, 1.807) is 6.07 Å². The third kappa shape index (κ3) is 5.00. The number of nitrogens with two attached hydrogens (primary N) is 1. The number of halogens is 1. The number of imide groups is 1. The smallest absolute Gasteiger partial charge is 0.252 e. The Labute approximate surface area is 201 Å². The minimum absolute atomic E-state index is 0.0710. The van der Waals surface area contributed by atoms with Crippen LogP contribution in [0.25, 0.3) is 0 Å². The SMILES string of the molecule is NS(=O)(=O)c1ccc(N2C(=O)CC(N(Cc3ccc(F)cc3)S(=O)(=O)c3ccccc3)C2=O)cc1. The van der Waals surface area contributed by atoms with Crippen LogP contribution in [0.4, 0.5) is 10.1 Å². The average molecular weight is 518 g/mol. The summed E-state index contributed by atoms with van der Waals surface area (Å²) in [7, 11) is -8.22. The first-order valence-electron chi connectivity index (χ1n) is 10.3. The zero-order valence-corrected chi connectivity index (χ0v) is 19.7. The van der Waals surface area contributed by atoms with Gasteiger partial charge < -0.3 is 0 Å². The van der Waals surface area contributed by atoms with Gasteiger partial charge in [0.2, 0.25) is 26.0 Å². The standard InChI is InChI=1S/C23H20FN3O6S2/c24-17-8-6-16(7-9-17)15-26(35(32,33)20-4-2-1-3-5-20)21-14-22(28)27(23(21)29)18-10-12-19(13-11-18)34(25,30)31/h1-13,21H,14-15H2,(H2,25,30,31). The molecule has 9 nitrogen and oxygen atoms in total. The highest BCUT2D eigenvalue weighted by Gasteiger charge is 2.47. The lowest BCUT2D eigenvalue weighted by atomic mass is 10.2. The summed E-state index contributed by atoms with van der Waals surface area (Å²) in [5, 5.41) is 5.09. The van der Waals surface area contributed by atoms with Gasteiger partial charge in [-0.2, -0.15) is 4.31 Å². The van der Waals surface area contributed by atoms with Gasteiger partial charge in [-0.1, -0.05) is 30.3 Å². The maximum atomic E-state index is 13.5. The molecule has 35 heavy (non-hydrogen) atoms. The lowest BCUT2D eigenvalue weighted by Gasteiger charge is -2.27. The number of anilines is 1. The topological polar surface area (TPSA) is 135 Å². The van der Waals surface area contributed by atoms with Gasteiger partial charge in [0.25, 0.3) is 5.91 Å². The van der Waals surface area contributed by atoms with Crippen LogP contribution in [0, 0.1) is 5.82 Å². The second kappa shape index (κ2) is 9.30. The fraction of sp³-hybridized carbons (Fsp3) is 0.130. The Kier molecular flexibility index (Phi) is 6.56. The third-order valence-corrected chi connectivity index (χ3v) is 8.29. The van der Waals surface area contributed by atoms with Gasteiger partial charge in [-0.05, 0) is 54.1 Å². The molecule has 1 unspecified atom stereocenters. The zero-order chi connectivity index (χ0) is 25.4. The fourth-order valence-electron chi connectivity index (χ4n) is 3.76. The summed E-state index contributed by atoms with van der Waals surface area (Å²) in [4.78, 5) is 26.7. The van der Waals surface area contributed by atoms with E-state index in [0.29, 0.717) is 5.56 Å². The van der Waals surface area contributed by atoms with Crippen molar-refractivity contribution in [1.82, 2.24) is 4.31 Å². The number of rotatable bonds is 7. The highest BCUT2D eigenvalue weighted by Crippen LogP contribution is 2.31. The summed E-state index contributed by atoms with van der Waals surface area (Å²) in [5.41, 5.74) is 0.496. The Balaban J connectivity index is 1.72. The van der Waals surface area contributed by atoms with Crippen LogP contribution in [-0.2, 0) is 36.2 Å². The molecule has 3 aromatic rings. The number of nitrogens with zero attached hydrogens (tertiary/aromatic N) is 2. The minimum atomic E-state index is -4.24. The van der Waals surface area contributed by atoms with Crippen LogP contribution in [0.5, 0.6) is 0 Å². The molecule has 4 rings (SSSR count). The number of benzene rings is 3. The van der Waals surface area contributed by atoms with E-state index < -0.39 is 50.1 Å². The molecule has 3 aromatic carbocycles. The second-order valence-electron chi connectivity index (χ2n) is 7.82. The van der Waals surface area contributed by atoms with Gasteiger partial charge in [0.1, 0.15) is 11.9 Å². The molecule has 0 radical (unpaired) electrons. The Bertz CT molecular complexity index is 1480. The first-order valence-corrected chi connectivity index (χ1v) is 13.3. The summed E-state index contributed by atoms with van der Waals surface area (Å²) in [6, 6.07) is 16.0. The van der Waals surface area contributed by atoms with Crippen LogP contribution in [-0.4, -0.2) is 39.0 Å². The van der Waals surface area contributed by atoms with Gasteiger partial charge >= 0.3 is 0 Å². The first kappa shape index (κ1) is 24.7. The molecular formula is C23H20FN3O6S2. The molecule has 0 aliphatic carbocycles. The molecule has 1 aliphatic heterocycles. The maximum absolute atomic E-state index is 13.5. The van der Waals surface area contributed by atoms with E-state index in [2.05, 4.69) is 0 Å². The maximum Gasteiger partial charge on any atom is 0.252 e. The van der Waals surface area contributed by atoms with Gasteiger partial charge in [0, 0.05) is 6.54 Å². The average Bonchev–Trinajstić information content (AvgIpc) is 3.12. The van der Waals surface area contributed by atoms with Gasteiger partial charge in [0.05, 0.1) is 21.9 Å². The van der Waals surface area contributed by atoms with Crippen molar-refractivity contribution in [1.29, 1.82) is 0 Å². The molecular weight excluding hydrogens is 497 g/mol. The lowest BCUT2D eigenvalue weighted by Crippen LogP contribution is -2.45. The number of hydrogen-bond acceptors (Lipinski definition) is 6. The molecule has 2 amide bonds. The van der Waals surface area contributed by atoms with E-state index in [1.807, 2.05) is 0 Å². The van der Waals surface area contributed by atoms with Gasteiger partial charge in [0.15, 0.2) is 0 Å². The molecule has 1 aliphatic rings. The number of carbonyl (C=O) groups is 2. The van der Waals surface area contributed by atoms with E-state index in [9.17, 15) is 30.8 Å². The van der Waals surface area contributed by atoms with E-state index in [0.717, 1.165) is 21.3 Å². The largest absolute Gasteiger partial charge is 0.274 e. The van der Waals surface area contributed by atoms with Crippen LogP contribution in [0.2, 0.25) is 0 Å². The highest BCUT2D eigenvalue weighted by molar-refractivity contribution is 7.89. The summed E-state index contributed by atoms with van der Waals surface area (Å²) < 4.78 is 64.4. The Morgan fingerprint density at radius 1 is 0.857 bits per heavy atom. The van der Waals surface area contributed by atoms with E-state index in [-0.39, 0.29) is 22.0 Å². The van der Waals surface area contributed by atoms with Crippen LogP contribution in [0.15, 0.2) is 88.7 Å². The van der Waals surface area contributed by atoms with E-state index >= 15 is 0 Å². The van der Waals surface area contributed by atoms with Crippen molar-refractivity contribution < 1.29 is 30.8 Å². The molecule has 182 valence electrons. The van der Waals surface area contributed by atoms with Crippen molar-refractivity contribution in [2.45, 2.75) is 28.8 Å². The summed E-state index contributed by atoms with van der Waals surface area (Å²) in [5.74, 6) is -1.96. The lowest BCUT2D eigenvalue weighted by molar-refractivity contribution is -0.122. The number of amides is 2. The molecule has 0 bridgehead atoms. The normalized spacial score (nSPS) is 16.8. The Morgan fingerprint density at radius 3 is 2.03 bits per heavy atom. The van der Waals surface area contributed by atoms with Crippen molar-refractivity contribution in [3.8, 4) is 0 Å². The molecule has 12 heteroatoms. The van der Waals surface area contributed by atoms with Crippen molar-refractivity contribution in [2.24, 2.45) is 5.14 Å². The molecule has 2 N–H and O–H groups in total. The molecule has 1 fully saturated rings. The molecule has 1 heterocycles. The predicted octanol–water partition coefficient (Wildman–Crippen LogP) is 2.00. The number of hydrogen-bond donors (Lipinski definition) is 1. The van der Waals surface area contributed by atoms with Crippen molar-refractivity contribution in [3.63, 3.8) is 0 Å². The van der Waals surface area contributed by atoms with Crippen LogP contribution in [0.1, 0.15) is 12.0 Å². The van der Waals surface area contributed by atoms with Gasteiger partial charge in [-0.25, -0.2) is 31.3 Å². The summed E-state index contributed by atoms with van der Waals surface area (Å²) >= 11 is 0. The number of carbonyl (C=O) groups excluding carboxylic acids is 2.